The number of hydrogen-bond acceptors (Lipinski definition) is 6. The Kier molecular flexibility index (Phi) is 8.06. The van der Waals surface area contributed by atoms with Crippen molar-refractivity contribution in [2.75, 3.05) is 22.5 Å². The molecule has 0 aliphatic heterocycles. The van der Waals surface area contributed by atoms with Crippen molar-refractivity contribution >= 4 is 40.3 Å². The molecule has 0 unspecified atom stereocenters. The molecule has 2 heterocycles. The van der Waals surface area contributed by atoms with Crippen LogP contribution >= 0.6 is 11.3 Å². The van der Waals surface area contributed by atoms with E-state index in [1.54, 1.807) is 36.4 Å². The molecule has 0 atom stereocenters. The zero-order valence-electron chi connectivity index (χ0n) is 19.5. The molecular formula is C24H29N5O4S. The van der Waals surface area contributed by atoms with Crippen molar-refractivity contribution in [2.24, 2.45) is 5.92 Å². The summed E-state index contributed by atoms with van der Waals surface area (Å²) < 4.78 is 1.29. The highest BCUT2D eigenvalue weighted by atomic mass is 32.1. The minimum absolute atomic E-state index is 0.0335. The number of hydrogen-bond donors (Lipinski definition) is 3. The Hall–Kier alpha value is -3.66. The smallest absolute Gasteiger partial charge is 0.330 e. The number of amides is 2. The Morgan fingerprint density at radius 3 is 2.47 bits per heavy atom. The number of carbonyl (C=O) groups is 2. The van der Waals surface area contributed by atoms with Gasteiger partial charge in [-0.1, -0.05) is 33.3 Å². The van der Waals surface area contributed by atoms with Crippen LogP contribution in [0.2, 0.25) is 0 Å². The van der Waals surface area contributed by atoms with Gasteiger partial charge in [0.25, 0.3) is 17.4 Å². The number of nitrogen functional groups attached to an aromatic ring is 1. The van der Waals surface area contributed by atoms with Gasteiger partial charge in [-0.15, -0.1) is 11.3 Å². The largest absolute Gasteiger partial charge is 0.383 e. The number of aromatic amines is 1. The summed E-state index contributed by atoms with van der Waals surface area (Å²) in [4.78, 5) is 55.0. The van der Waals surface area contributed by atoms with Crippen LogP contribution < -0.4 is 27.2 Å². The van der Waals surface area contributed by atoms with Gasteiger partial charge in [0, 0.05) is 24.3 Å². The predicted octanol–water partition coefficient (Wildman–Crippen LogP) is 3.54. The SMILES string of the molecule is CCCCN(C(=O)c1ccc(NC(=O)c2cccs2)cc1)c1c(N)n(CC(C)C)c(=O)[nH]c1=O. The average Bonchev–Trinajstić information content (AvgIpc) is 3.34. The molecule has 9 nitrogen and oxygen atoms in total. The summed E-state index contributed by atoms with van der Waals surface area (Å²) in [6.07, 6.45) is 1.43. The molecule has 0 aliphatic carbocycles. The van der Waals surface area contributed by atoms with Crippen LogP contribution in [-0.4, -0.2) is 27.9 Å². The van der Waals surface area contributed by atoms with E-state index in [1.807, 2.05) is 26.2 Å². The molecule has 3 rings (SSSR count). The molecule has 0 saturated heterocycles. The summed E-state index contributed by atoms with van der Waals surface area (Å²) >= 11 is 1.33. The molecule has 0 spiro atoms. The molecule has 10 heteroatoms. The minimum atomic E-state index is -0.702. The van der Waals surface area contributed by atoms with E-state index in [4.69, 9.17) is 5.73 Å². The normalized spacial score (nSPS) is 10.9. The van der Waals surface area contributed by atoms with Gasteiger partial charge in [-0.25, -0.2) is 4.79 Å². The van der Waals surface area contributed by atoms with Crippen LogP contribution in [0.4, 0.5) is 17.2 Å². The van der Waals surface area contributed by atoms with Crippen molar-refractivity contribution in [1.29, 1.82) is 0 Å². The first kappa shape index (κ1) is 25.0. The molecule has 0 radical (unpaired) electrons. The van der Waals surface area contributed by atoms with Crippen LogP contribution in [0, 0.1) is 5.92 Å². The summed E-state index contributed by atoms with van der Waals surface area (Å²) in [6.45, 7) is 6.40. The average molecular weight is 484 g/mol. The third kappa shape index (κ3) is 5.63. The van der Waals surface area contributed by atoms with Gasteiger partial charge in [0.05, 0.1) is 4.88 Å². The van der Waals surface area contributed by atoms with Gasteiger partial charge in [0.2, 0.25) is 0 Å². The van der Waals surface area contributed by atoms with Gasteiger partial charge in [-0.2, -0.15) is 0 Å². The predicted molar refractivity (Wildman–Crippen MR) is 136 cm³/mol. The molecule has 2 aromatic heterocycles. The fourth-order valence-corrected chi connectivity index (χ4v) is 4.09. The van der Waals surface area contributed by atoms with Crippen LogP contribution in [0.5, 0.6) is 0 Å². The van der Waals surface area contributed by atoms with Gasteiger partial charge >= 0.3 is 5.69 Å². The van der Waals surface area contributed by atoms with Crippen LogP contribution in [-0.2, 0) is 6.54 Å². The Morgan fingerprint density at radius 1 is 1.18 bits per heavy atom. The molecule has 2 amide bonds. The Balaban J connectivity index is 1.93. The van der Waals surface area contributed by atoms with Gasteiger partial charge in [0.15, 0.2) is 5.69 Å². The Morgan fingerprint density at radius 2 is 1.88 bits per heavy atom. The minimum Gasteiger partial charge on any atom is -0.383 e. The maximum absolute atomic E-state index is 13.4. The maximum Gasteiger partial charge on any atom is 0.330 e. The van der Waals surface area contributed by atoms with Crippen molar-refractivity contribution in [3.8, 4) is 0 Å². The standard InChI is InChI=1S/C24H29N5O4S/c1-4-5-12-28(19-20(25)29(14-15(2)3)24(33)27-22(19)31)23(32)16-8-10-17(11-9-16)26-21(30)18-7-6-13-34-18/h6-11,13,15H,4-5,12,14,25H2,1-3H3,(H,26,30)(H,27,31,33). The summed E-state index contributed by atoms with van der Waals surface area (Å²) in [7, 11) is 0. The monoisotopic (exact) mass is 483 g/mol. The van der Waals surface area contributed by atoms with E-state index >= 15 is 0 Å². The van der Waals surface area contributed by atoms with E-state index in [9.17, 15) is 19.2 Å². The molecule has 0 bridgehead atoms. The molecule has 180 valence electrons. The summed E-state index contributed by atoms with van der Waals surface area (Å²) in [6, 6.07) is 9.95. The lowest BCUT2D eigenvalue weighted by Crippen LogP contribution is -2.42. The summed E-state index contributed by atoms with van der Waals surface area (Å²) in [5.41, 5.74) is 5.78. The lowest BCUT2D eigenvalue weighted by Gasteiger charge is -2.25. The second-order valence-corrected chi connectivity index (χ2v) is 9.26. The van der Waals surface area contributed by atoms with Crippen molar-refractivity contribution < 1.29 is 9.59 Å². The molecule has 3 aromatic rings. The number of carbonyl (C=O) groups excluding carboxylic acids is 2. The van der Waals surface area contributed by atoms with Crippen LogP contribution in [0.1, 0.15) is 53.6 Å². The number of aromatic nitrogens is 2. The lowest BCUT2D eigenvalue weighted by molar-refractivity contribution is 0.0985. The van der Waals surface area contributed by atoms with Crippen LogP contribution in [0.15, 0.2) is 51.4 Å². The number of H-pyrrole nitrogens is 1. The second-order valence-electron chi connectivity index (χ2n) is 8.32. The number of unbranched alkanes of at least 4 members (excludes halogenated alkanes) is 1. The molecule has 1 aromatic carbocycles. The number of rotatable bonds is 9. The highest BCUT2D eigenvalue weighted by molar-refractivity contribution is 7.12. The first-order valence-electron chi connectivity index (χ1n) is 11.1. The molecule has 34 heavy (non-hydrogen) atoms. The topological polar surface area (TPSA) is 130 Å². The van der Waals surface area contributed by atoms with Crippen molar-refractivity contribution in [3.63, 3.8) is 0 Å². The molecular weight excluding hydrogens is 454 g/mol. The fraction of sp³-hybridized carbons (Fsp3) is 0.333. The second kappa shape index (κ2) is 11.0. The zero-order chi connectivity index (χ0) is 24.8. The number of nitrogens with one attached hydrogen (secondary N) is 2. The van der Waals surface area contributed by atoms with E-state index in [0.29, 0.717) is 29.1 Å². The van der Waals surface area contributed by atoms with Crippen LogP contribution in [0.25, 0.3) is 0 Å². The van der Waals surface area contributed by atoms with E-state index in [1.165, 1.54) is 20.8 Å². The van der Waals surface area contributed by atoms with Crippen LogP contribution in [0.3, 0.4) is 0 Å². The molecule has 0 aliphatic rings. The van der Waals surface area contributed by atoms with E-state index in [0.717, 1.165) is 6.42 Å². The molecule has 4 N–H and O–H groups in total. The number of benzene rings is 1. The molecule has 0 fully saturated rings. The third-order valence-electron chi connectivity index (χ3n) is 5.15. The van der Waals surface area contributed by atoms with Crippen molar-refractivity contribution in [1.82, 2.24) is 9.55 Å². The maximum atomic E-state index is 13.4. The number of thiophene rings is 1. The van der Waals surface area contributed by atoms with Crippen molar-refractivity contribution in [3.05, 3.63) is 73.1 Å². The molecule has 0 saturated carbocycles. The number of anilines is 3. The zero-order valence-corrected chi connectivity index (χ0v) is 20.3. The Labute approximate surface area is 201 Å². The van der Waals surface area contributed by atoms with Gasteiger partial charge < -0.3 is 16.0 Å². The Bertz CT molecular complexity index is 1260. The third-order valence-corrected chi connectivity index (χ3v) is 6.02. The number of nitrogens with two attached hydrogens (primary N) is 1. The highest BCUT2D eigenvalue weighted by Gasteiger charge is 2.25. The van der Waals surface area contributed by atoms with E-state index in [2.05, 4.69) is 10.3 Å². The van der Waals surface area contributed by atoms with Gasteiger partial charge in [-0.05, 0) is 48.1 Å². The number of nitrogens with zero attached hydrogens (tertiary/aromatic N) is 2. The van der Waals surface area contributed by atoms with Gasteiger partial charge in [-0.3, -0.25) is 23.9 Å². The summed E-state index contributed by atoms with van der Waals surface area (Å²) in [5.74, 6) is -0.580. The van der Waals surface area contributed by atoms with E-state index in [-0.39, 0.29) is 29.9 Å². The van der Waals surface area contributed by atoms with E-state index < -0.39 is 17.2 Å². The quantitative estimate of drug-likeness (QED) is 0.429. The van der Waals surface area contributed by atoms with Gasteiger partial charge in [0.1, 0.15) is 5.82 Å². The first-order valence-corrected chi connectivity index (χ1v) is 12.0. The lowest BCUT2D eigenvalue weighted by atomic mass is 10.1. The highest BCUT2D eigenvalue weighted by Crippen LogP contribution is 2.22. The fourth-order valence-electron chi connectivity index (χ4n) is 3.47. The summed E-state index contributed by atoms with van der Waals surface area (Å²) in [5, 5.41) is 4.61. The first-order chi connectivity index (χ1) is 16.2. The van der Waals surface area contributed by atoms with Crippen molar-refractivity contribution in [2.45, 2.75) is 40.2 Å².